The molecule has 136 valence electrons. The monoisotopic (exact) mass is 375 g/mol. The van der Waals surface area contributed by atoms with Crippen molar-refractivity contribution >= 4 is 32.8 Å². The van der Waals surface area contributed by atoms with Crippen LogP contribution in [0.3, 0.4) is 0 Å². The zero-order chi connectivity index (χ0) is 18.9. The summed E-state index contributed by atoms with van der Waals surface area (Å²) in [5, 5.41) is 17.2. The maximum Gasteiger partial charge on any atom is 0.310 e. The Labute approximate surface area is 150 Å². The molecule has 1 amide bonds. The number of nitrogens with zero attached hydrogens (tertiary/aromatic N) is 1. The van der Waals surface area contributed by atoms with Gasteiger partial charge in [-0.05, 0) is 23.8 Å². The molecule has 1 heterocycles. The van der Waals surface area contributed by atoms with E-state index in [1.807, 2.05) is 18.2 Å². The topological polar surface area (TPSA) is 118 Å². The number of sulfone groups is 1. The van der Waals surface area contributed by atoms with Crippen molar-refractivity contribution in [3.63, 3.8) is 0 Å². The van der Waals surface area contributed by atoms with Crippen LogP contribution in [0.25, 0.3) is 0 Å². The zero-order valence-corrected chi connectivity index (χ0v) is 14.7. The standard InChI is InChI=1S/C17H17N3O5S/c1-26(24,25)15-8-4-7-14(17(15)20(22)23)18-10-11-9-16(21)19-13-6-3-2-5-12(11)13/h2-8,11,18H,9-10H2,1H3,(H,19,21). The van der Waals surface area contributed by atoms with Gasteiger partial charge in [-0.3, -0.25) is 14.9 Å². The average molecular weight is 375 g/mol. The molecule has 26 heavy (non-hydrogen) atoms. The summed E-state index contributed by atoms with van der Waals surface area (Å²) >= 11 is 0. The van der Waals surface area contributed by atoms with Crippen LogP contribution < -0.4 is 10.6 Å². The number of hydrogen-bond donors (Lipinski definition) is 2. The summed E-state index contributed by atoms with van der Waals surface area (Å²) in [4.78, 5) is 22.3. The molecule has 3 rings (SSSR count). The van der Waals surface area contributed by atoms with E-state index in [4.69, 9.17) is 0 Å². The second-order valence-corrected chi connectivity index (χ2v) is 8.08. The van der Waals surface area contributed by atoms with Crippen molar-refractivity contribution in [2.24, 2.45) is 0 Å². The fourth-order valence-electron chi connectivity index (χ4n) is 3.07. The molecule has 0 aromatic heterocycles. The normalized spacial score (nSPS) is 16.5. The van der Waals surface area contributed by atoms with E-state index in [0.29, 0.717) is 0 Å². The number of nitrogens with one attached hydrogen (secondary N) is 2. The van der Waals surface area contributed by atoms with E-state index in [0.717, 1.165) is 17.5 Å². The Morgan fingerprint density at radius 2 is 1.96 bits per heavy atom. The fourth-order valence-corrected chi connectivity index (χ4v) is 3.93. The van der Waals surface area contributed by atoms with E-state index >= 15 is 0 Å². The summed E-state index contributed by atoms with van der Waals surface area (Å²) in [6, 6.07) is 11.5. The lowest BCUT2D eigenvalue weighted by Gasteiger charge is -2.26. The summed E-state index contributed by atoms with van der Waals surface area (Å²) in [7, 11) is -3.75. The molecule has 1 aliphatic heterocycles. The van der Waals surface area contributed by atoms with Gasteiger partial charge in [-0.1, -0.05) is 24.3 Å². The summed E-state index contributed by atoms with van der Waals surface area (Å²) in [5.74, 6) is -0.309. The first kappa shape index (κ1) is 17.9. The van der Waals surface area contributed by atoms with E-state index in [1.165, 1.54) is 18.2 Å². The van der Waals surface area contributed by atoms with Gasteiger partial charge in [-0.2, -0.15) is 0 Å². The van der Waals surface area contributed by atoms with Gasteiger partial charge in [-0.25, -0.2) is 8.42 Å². The van der Waals surface area contributed by atoms with Gasteiger partial charge in [0.1, 0.15) is 10.6 Å². The highest BCUT2D eigenvalue weighted by Crippen LogP contribution is 2.35. The summed E-state index contributed by atoms with van der Waals surface area (Å²) in [5.41, 5.74) is 1.28. The van der Waals surface area contributed by atoms with Crippen LogP contribution in [0.4, 0.5) is 17.1 Å². The lowest BCUT2D eigenvalue weighted by atomic mass is 9.90. The van der Waals surface area contributed by atoms with Crippen molar-refractivity contribution in [1.29, 1.82) is 0 Å². The van der Waals surface area contributed by atoms with Gasteiger partial charge in [0.25, 0.3) is 0 Å². The summed E-state index contributed by atoms with van der Waals surface area (Å²) in [6.45, 7) is 0.262. The largest absolute Gasteiger partial charge is 0.379 e. The molecule has 1 aliphatic rings. The van der Waals surface area contributed by atoms with Crippen LogP contribution in [-0.4, -0.2) is 32.0 Å². The van der Waals surface area contributed by atoms with Gasteiger partial charge < -0.3 is 10.6 Å². The first-order valence-electron chi connectivity index (χ1n) is 7.87. The number of rotatable bonds is 5. The molecule has 2 aromatic carbocycles. The van der Waals surface area contributed by atoms with E-state index in [2.05, 4.69) is 10.6 Å². The average Bonchev–Trinajstić information content (AvgIpc) is 2.58. The number of carbonyl (C=O) groups is 1. The van der Waals surface area contributed by atoms with Crippen LogP contribution >= 0.6 is 0 Å². The fraction of sp³-hybridized carbons (Fsp3) is 0.235. The first-order chi connectivity index (χ1) is 12.3. The molecule has 1 unspecified atom stereocenters. The van der Waals surface area contributed by atoms with E-state index < -0.39 is 20.4 Å². The molecule has 0 radical (unpaired) electrons. The Bertz CT molecular complexity index is 988. The second-order valence-electron chi connectivity index (χ2n) is 6.10. The minimum Gasteiger partial charge on any atom is -0.379 e. The second kappa shape index (κ2) is 6.75. The molecule has 0 aliphatic carbocycles. The van der Waals surface area contributed by atoms with Gasteiger partial charge >= 0.3 is 5.69 Å². The third-order valence-electron chi connectivity index (χ3n) is 4.23. The molecule has 0 saturated heterocycles. The molecule has 8 nitrogen and oxygen atoms in total. The minimum atomic E-state index is -3.75. The maximum absolute atomic E-state index is 11.9. The lowest BCUT2D eigenvalue weighted by Crippen LogP contribution is -2.27. The third-order valence-corrected chi connectivity index (χ3v) is 5.35. The molecule has 0 saturated carbocycles. The van der Waals surface area contributed by atoms with Crippen LogP contribution in [0, 0.1) is 10.1 Å². The summed E-state index contributed by atoms with van der Waals surface area (Å²) < 4.78 is 23.7. The van der Waals surface area contributed by atoms with Gasteiger partial charge in [0.05, 0.1) is 4.92 Å². The number of benzene rings is 2. The molecular weight excluding hydrogens is 358 g/mol. The number of hydrogen-bond acceptors (Lipinski definition) is 6. The van der Waals surface area contributed by atoms with Crippen LogP contribution in [0.2, 0.25) is 0 Å². The van der Waals surface area contributed by atoms with E-state index in [9.17, 15) is 23.3 Å². The highest BCUT2D eigenvalue weighted by Gasteiger charge is 2.28. The number of nitro benzene ring substituents is 1. The SMILES string of the molecule is CS(=O)(=O)c1cccc(NCC2CC(=O)Nc3ccccc32)c1[N+](=O)[O-]. The van der Waals surface area contributed by atoms with E-state index in [1.54, 1.807) is 6.07 Å². The maximum atomic E-state index is 11.9. The molecule has 0 bridgehead atoms. The quantitative estimate of drug-likeness (QED) is 0.612. The van der Waals surface area contributed by atoms with Crippen LogP contribution in [-0.2, 0) is 14.6 Å². The van der Waals surface area contributed by atoms with Crippen molar-refractivity contribution < 1.29 is 18.1 Å². The first-order valence-corrected chi connectivity index (χ1v) is 9.76. The molecule has 2 aromatic rings. The predicted octanol–water partition coefficient (Wildman–Crippen LogP) is 2.54. The van der Waals surface area contributed by atoms with Crippen molar-refractivity contribution in [3.8, 4) is 0 Å². The summed E-state index contributed by atoms with van der Waals surface area (Å²) in [6.07, 6.45) is 1.17. The van der Waals surface area contributed by atoms with Crippen LogP contribution in [0.1, 0.15) is 17.9 Å². The smallest absolute Gasteiger partial charge is 0.310 e. The molecule has 1 atom stereocenters. The molecular formula is C17H17N3O5S. The van der Waals surface area contributed by atoms with Gasteiger partial charge in [0.2, 0.25) is 5.91 Å². The highest BCUT2D eigenvalue weighted by atomic mass is 32.2. The Morgan fingerprint density at radius 1 is 1.23 bits per heavy atom. The number of para-hydroxylation sites is 2. The van der Waals surface area contributed by atoms with Gasteiger partial charge in [0.15, 0.2) is 9.84 Å². The molecule has 9 heteroatoms. The number of carbonyl (C=O) groups excluding carboxylic acids is 1. The molecule has 2 N–H and O–H groups in total. The molecule has 0 fully saturated rings. The Kier molecular flexibility index (Phi) is 4.64. The van der Waals surface area contributed by atoms with Gasteiger partial charge in [0, 0.05) is 30.8 Å². The van der Waals surface area contributed by atoms with Crippen molar-refractivity contribution in [2.75, 3.05) is 23.4 Å². The third kappa shape index (κ3) is 3.52. The van der Waals surface area contributed by atoms with Crippen molar-refractivity contribution in [3.05, 3.63) is 58.1 Å². The Balaban J connectivity index is 1.92. The number of anilines is 2. The Hall–Kier alpha value is -2.94. The number of nitro groups is 1. The zero-order valence-electron chi connectivity index (χ0n) is 13.9. The van der Waals surface area contributed by atoms with Crippen molar-refractivity contribution in [2.45, 2.75) is 17.2 Å². The van der Waals surface area contributed by atoms with Gasteiger partial charge in [-0.15, -0.1) is 0 Å². The van der Waals surface area contributed by atoms with Crippen molar-refractivity contribution in [1.82, 2.24) is 0 Å². The lowest BCUT2D eigenvalue weighted by molar-refractivity contribution is -0.386. The van der Waals surface area contributed by atoms with E-state index in [-0.39, 0.29) is 35.4 Å². The number of fused-ring (bicyclic) bond motifs is 1. The highest BCUT2D eigenvalue weighted by molar-refractivity contribution is 7.90. The number of amides is 1. The predicted molar refractivity (Wildman–Crippen MR) is 97.1 cm³/mol. The minimum absolute atomic E-state index is 0.112. The van der Waals surface area contributed by atoms with Crippen LogP contribution in [0.5, 0.6) is 0 Å². The van der Waals surface area contributed by atoms with Crippen LogP contribution in [0.15, 0.2) is 47.4 Å². The Morgan fingerprint density at radius 3 is 2.65 bits per heavy atom. The molecule has 0 spiro atoms.